The fraction of sp³-hybridized carbons (Fsp3) is 0.533. The Bertz CT molecular complexity index is 438. The third-order valence-electron chi connectivity index (χ3n) is 4.22. The van der Waals surface area contributed by atoms with Crippen LogP contribution in [0.2, 0.25) is 0 Å². The summed E-state index contributed by atoms with van der Waals surface area (Å²) < 4.78 is 0. The average molecular weight is 245 g/mol. The van der Waals surface area contributed by atoms with Gasteiger partial charge in [-0.1, -0.05) is 37.1 Å². The molecule has 0 radical (unpaired) electrons. The smallest absolute Gasteiger partial charge is 0.278 e. The second-order valence-corrected chi connectivity index (χ2v) is 5.51. The Morgan fingerprint density at radius 2 is 1.89 bits per heavy atom. The zero-order valence-electron chi connectivity index (χ0n) is 10.7. The summed E-state index contributed by atoms with van der Waals surface area (Å²) in [6.07, 6.45) is 5.73. The fourth-order valence-corrected chi connectivity index (χ4v) is 3.12. The summed E-state index contributed by atoms with van der Waals surface area (Å²) in [5, 5.41) is 5.38. The zero-order valence-corrected chi connectivity index (χ0v) is 10.7. The molecule has 0 bridgehead atoms. The molecule has 0 unspecified atom stereocenters. The highest BCUT2D eigenvalue weighted by Crippen LogP contribution is 2.18. The zero-order chi connectivity index (χ0) is 12.4. The first-order valence-electron chi connectivity index (χ1n) is 7.03. The van der Waals surface area contributed by atoms with Crippen molar-refractivity contribution in [1.29, 1.82) is 0 Å². The van der Waals surface area contributed by atoms with Gasteiger partial charge < -0.3 is 10.6 Å². The molecule has 1 amide bonds. The first-order valence-corrected chi connectivity index (χ1v) is 7.03. The normalized spacial score (nSPS) is 23.7. The van der Waals surface area contributed by atoms with Crippen molar-refractivity contribution in [3.63, 3.8) is 0 Å². The molecule has 1 aliphatic heterocycles. The van der Waals surface area contributed by atoms with Gasteiger partial charge >= 0.3 is 0 Å². The van der Waals surface area contributed by atoms with Crippen LogP contribution < -0.4 is 10.6 Å². The minimum atomic E-state index is 0.0699. The van der Waals surface area contributed by atoms with E-state index in [9.17, 15) is 4.79 Å². The topological polar surface area (TPSA) is 45.7 Å². The quantitative estimate of drug-likeness (QED) is 0.793. The Morgan fingerprint density at radius 1 is 1.17 bits per heavy atom. The maximum Gasteiger partial charge on any atom is 0.278 e. The lowest BCUT2D eigenvalue weighted by atomic mass is 9.95. The van der Waals surface area contributed by atoms with Gasteiger partial charge in [0, 0.05) is 18.0 Å². The summed E-state index contributed by atoms with van der Waals surface area (Å²) in [6, 6.07) is 8.96. The molecule has 1 aliphatic carbocycles. The monoisotopic (exact) mass is 245 g/mol. The molecule has 1 atom stereocenters. The SMILES string of the molecule is O=C(NC1CCCC1)[C@@H]1Cc2ccccc2C[NH2+]1. The molecule has 2 aliphatic rings. The number of carbonyl (C=O) groups excluding carboxylic acids is 1. The van der Waals surface area contributed by atoms with Crippen molar-refractivity contribution >= 4 is 5.91 Å². The highest BCUT2D eigenvalue weighted by atomic mass is 16.2. The Hall–Kier alpha value is -1.35. The maximum absolute atomic E-state index is 12.2. The van der Waals surface area contributed by atoms with Crippen molar-refractivity contribution in [3.8, 4) is 0 Å². The van der Waals surface area contributed by atoms with Crippen LogP contribution in [0.1, 0.15) is 36.8 Å². The van der Waals surface area contributed by atoms with E-state index in [0.717, 1.165) is 25.8 Å². The molecular formula is C15H21N2O+. The van der Waals surface area contributed by atoms with E-state index in [1.165, 1.54) is 24.0 Å². The van der Waals surface area contributed by atoms with E-state index < -0.39 is 0 Å². The van der Waals surface area contributed by atoms with E-state index in [1.54, 1.807) is 0 Å². The van der Waals surface area contributed by atoms with Crippen molar-refractivity contribution in [2.45, 2.75) is 50.7 Å². The first kappa shape index (κ1) is 11.7. The predicted octanol–water partition coefficient (Wildman–Crippen LogP) is 0.733. The van der Waals surface area contributed by atoms with Crippen LogP contribution in [0.25, 0.3) is 0 Å². The summed E-state index contributed by atoms with van der Waals surface area (Å²) in [4.78, 5) is 12.2. The second kappa shape index (κ2) is 5.11. The number of rotatable bonds is 2. The molecule has 3 nitrogen and oxygen atoms in total. The van der Waals surface area contributed by atoms with Gasteiger partial charge in [-0.15, -0.1) is 0 Å². The number of benzene rings is 1. The molecule has 18 heavy (non-hydrogen) atoms. The van der Waals surface area contributed by atoms with Crippen LogP contribution in [0.5, 0.6) is 0 Å². The van der Waals surface area contributed by atoms with E-state index in [2.05, 4.69) is 34.9 Å². The highest BCUT2D eigenvalue weighted by molar-refractivity contribution is 5.81. The minimum absolute atomic E-state index is 0.0699. The molecule has 96 valence electrons. The Balaban J connectivity index is 1.62. The lowest BCUT2D eigenvalue weighted by Crippen LogP contribution is -2.93. The molecule has 1 heterocycles. The van der Waals surface area contributed by atoms with Gasteiger partial charge in [0.25, 0.3) is 5.91 Å². The molecule has 1 fully saturated rings. The molecule has 0 saturated heterocycles. The molecule has 1 aromatic carbocycles. The van der Waals surface area contributed by atoms with Gasteiger partial charge in [-0.2, -0.15) is 0 Å². The molecular weight excluding hydrogens is 224 g/mol. The molecule has 0 aromatic heterocycles. The highest BCUT2D eigenvalue weighted by Gasteiger charge is 2.29. The molecule has 1 aromatic rings. The van der Waals surface area contributed by atoms with Gasteiger partial charge in [0.1, 0.15) is 6.54 Å². The van der Waals surface area contributed by atoms with Crippen molar-refractivity contribution in [2.24, 2.45) is 0 Å². The summed E-state index contributed by atoms with van der Waals surface area (Å²) >= 11 is 0. The van der Waals surface area contributed by atoms with Crippen LogP contribution in [0.4, 0.5) is 0 Å². The fourth-order valence-electron chi connectivity index (χ4n) is 3.12. The number of fused-ring (bicyclic) bond motifs is 1. The first-order chi connectivity index (χ1) is 8.83. The van der Waals surface area contributed by atoms with Crippen LogP contribution >= 0.6 is 0 Å². The number of hydrogen-bond donors (Lipinski definition) is 2. The number of nitrogens with one attached hydrogen (secondary N) is 1. The van der Waals surface area contributed by atoms with Gasteiger partial charge in [0.05, 0.1) is 0 Å². The third-order valence-corrected chi connectivity index (χ3v) is 4.22. The molecule has 3 N–H and O–H groups in total. The number of amides is 1. The summed E-state index contributed by atoms with van der Waals surface area (Å²) in [7, 11) is 0. The van der Waals surface area contributed by atoms with E-state index in [1.807, 2.05) is 0 Å². The van der Waals surface area contributed by atoms with E-state index >= 15 is 0 Å². The van der Waals surface area contributed by atoms with Gasteiger partial charge in [0.15, 0.2) is 6.04 Å². The number of hydrogen-bond acceptors (Lipinski definition) is 1. The third kappa shape index (κ3) is 2.41. The van der Waals surface area contributed by atoms with Crippen molar-refractivity contribution in [1.82, 2.24) is 5.32 Å². The van der Waals surface area contributed by atoms with Gasteiger partial charge in [-0.05, 0) is 18.4 Å². The van der Waals surface area contributed by atoms with Crippen LogP contribution in [-0.4, -0.2) is 18.0 Å². The molecule has 3 heteroatoms. The Labute approximate surface area is 108 Å². The summed E-state index contributed by atoms with van der Waals surface area (Å²) in [6.45, 7) is 0.929. The van der Waals surface area contributed by atoms with Crippen LogP contribution in [0, 0.1) is 0 Å². The van der Waals surface area contributed by atoms with E-state index in [0.29, 0.717) is 6.04 Å². The van der Waals surface area contributed by atoms with Crippen molar-refractivity contribution in [2.75, 3.05) is 0 Å². The van der Waals surface area contributed by atoms with Crippen LogP contribution in [0.3, 0.4) is 0 Å². The average Bonchev–Trinajstić information content (AvgIpc) is 2.91. The minimum Gasteiger partial charge on any atom is -0.348 e. The second-order valence-electron chi connectivity index (χ2n) is 5.51. The largest absolute Gasteiger partial charge is 0.348 e. The molecule has 1 saturated carbocycles. The Morgan fingerprint density at radius 3 is 2.67 bits per heavy atom. The molecule has 3 rings (SSSR count). The van der Waals surface area contributed by atoms with Gasteiger partial charge in [-0.3, -0.25) is 4.79 Å². The number of carbonyl (C=O) groups is 1. The van der Waals surface area contributed by atoms with Crippen molar-refractivity contribution in [3.05, 3.63) is 35.4 Å². The van der Waals surface area contributed by atoms with Gasteiger partial charge in [-0.25, -0.2) is 0 Å². The lowest BCUT2D eigenvalue weighted by molar-refractivity contribution is -0.695. The van der Waals surface area contributed by atoms with E-state index in [4.69, 9.17) is 0 Å². The van der Waals surface area contributed by atoms with Crippen LogP contribution in [-0.2, 0) is 17.8 Å². The predicted molar refractivity (Wildman–Crippen MR) is 70.0 cm³/mol. The summed E-state index contributed by atoms with van der Waals surface area (Å²) in [5.41, 5.74) is 2.72. The molecule has 0 spiro atoms. The van der Waals surface area contributed by atoms with Crippen LogP contribution in [0.15, 0.2) is 24.3 Å². The van der Waals surface area contributed by atoms with Gasteiger partial charge in [0.2, 0.25) is 0 Å². The van der Waals surface area contributed by atoms with E-state index in [-0.39, 0.29) is 11.9 Å². The summed E-state index contributed by atoms with van der Waals surface area (Å²) in [5.74, 6) is 0.233. The standard InChI is InChI=1S/C15H20N2O/c18-15(17-13-7-3-4-8-13)14-9-11-5-1-2-6-12(11)10-16-14/h1-2,5-6,13-14,16H,3-4,7-10H2,(H,17,18)/p+1/t14-/m0/s1. The number of nitrogens with two attached hydrogens (primary N) is 1. The van der Waals surface area contributed by atoms with Crippen molar-refractivity contribution < 1.29 is 10.1 Å². The maximum atomic E-state index is 12.2. The lowest BCUT2D eigenvalue weighted by Gasteiger charge is -2.23. The number of quaternary nitrogens is 1. The Kier molecular flexibility index (Phi) is 3.33.